The molecule has 0 heterocycles. The fraction of sp³-hybridized carbons (Fsp3) is 0.500. The molecular formula is C20H28O. The Balaban J connectivity index is 1.75. The van der Waals surface area contributed by atoms with Gasteiger partial charge in [0.15, 0.2) is 0 Å². The van der Waals surface area contributed by atoms with Crippen LogP contribution in [0.3, 0.4) is 0 Å². The van der Waals surface area contributed by atoms with Crippen molar-refractivity contribution in [3.63, 3.8) is 0 Å². The molecule has 0 fully saturated rings. The molecule has 1 N–H and O–H groups in total. The van der Waals surface area contributed by atoms with Crippen LogP contribution < -0.4 is 0 Å². The highest BCUT2D eigenvalue weighted by Gasteiger charge is 2.05. The van der Waals surface area contributed by atoms with E-state index in [-0.39, 0.29) is 0 Å². The van der Waals surface area contributed by atoms with E-state index in [9.17, 15) is 5.11 Å². The van der Waals surface area contributed by atoms with Crippen LogP contribution in [0.4, 0.5) is 0 Å². The predicted octanol–water partition coefficient (Wildman–Crippen LogP) is 6.23. The second-order valence-electron chi connectivity index (χ2n) is 6.02. The number of phenols is 1. The molecule has 21 heavy (non-hydrogen) atoms. The Morgan fingerprint density at radius 3 is 2.19 bits per heavy atom. The second-order valence-corrected chi connectivity index (χ2v) is 6.02. The van der Waals surface area contributed by atoms with Crippen LogP contribution in [-0.4, -0.2) is 5.11 Å². The Morgan fingerprint density at radius 1 is 0.762 bits per heavy atom. The monoisotopic (exact) mass is 284 g/mol. The Hall–Kier alpha value is -1.50. The van der Waals surface area contributed by atoms with Crippen molar-refractivity contribution in [3.8, 4) is 5.75 Å². The molecule has 114 valence electrons. The van der Waals surface area contributed by atoms with Crippen molar-refractivity contribution >= 4 is 10.8 Å². The largest absolute Gasteiger partial charge is 0.507 e. The Bertz CT molecular complexity index is 545. The summed E-state index contributed by atoms with van der Waals surface area (Å²) in [6.07, 6.45) is 11.6. The molecule has 2 rings (SSSR count). The zero-order valence-corrected chi connectivity index (χ0v) is 13.3. The number of unbranched alkanes of at least 4 members (excludes halogenated alkanes) is 7. The fourth-order valence-electron chi connectivity index (χ4n) is 2.95. The van der Waals surface area contributed by atoms with Crippen LogP contribution in [0.1, 0.15) is 63.9 Å². The van der Waals surface area contributed by atoms with Gasteiger partial charge in [0.05, 0.1) is 0 Å². The average Bonchev–Trinajstić information content (AvgIpc) is 2.52. The van der Waals surface area contributed by atoms with Gasteiger partial charge in [-0.2, -0.15) is 0 Å². The van der Waals surface area contributed by atoms with Gasteiger partial charge in [-0.1, -0.05) is 88.3 Å². The van der Waals surface area contributed by atoms with Crippen LogP contribution in [-0.2, 0) is 6.42 Å². The van der Waals surface area contributed by atoms with Crippen molar-refractivity contribution in [2.45, 2.75) is 64.7 Å². The van der Waals surface area contributed by atoms with Crippen LogP contribution in [0.5, 0.6) is 5.75 Å². The number of rotatable bonds is 9. The normalized spacial score (nSPS) is 11.1. The number of phenolic OH excluding ortho intramolecular Hbond substituents is 1. The van der Waals surface area contributed by atoms with Gasteiger partial charge in [0, 0.05) is 5.39 Å². The first kappa shape index (κ1) is 15.9. The molecule has 0 atom stereocenters. The molecule has 0 aliphatic heterocycles. The summed E-state index contributed by atoms with van der Waals surface area (Å²) in [4.78, 5) is 0. The van der Waals surface area contributed by atoms with Crippen molar-refractivity contribution in [1.29, 1.82) is 0 Å². The fourth-order valence-corrected chi connectivity index (χ4v) is 2.95. The lowest BCUT2D eigenvalue weighted by atomic mass is 10.00. The van der Waals surface area contributed by atoms with Gasteiger partial charge in [-0.05, 0) is 23.8 Å². The number of aryl methyl sites for hydroxylation is 1. The Morgan fingerprint density at radius 2 is 1.43 bits per heavy atom. The van der Waals surface area contributed by atoms with Crippen molar-refractivity contribution in [3.05, 3.63) is 42.0 Å². The molecular weight excluding hydrogens is 256 g/mol. The summed E-state index contributed by atoms with van der Waals surface area (Å²) in [5, 5.41) is 12.5. The zero-order chi connectivity index (χ0) is 14.9. The number of fused-ring (bicyclic) bond motifs is 1. The highest BCUT2D eigenvalue weighted by Crippen LogP contribution is 2.29. The maximum atomic E-state index is 10.3. The lowest BCUT2D eigenvalue weighted by Crippen LogP contribution is -1.88. The van der Waals surface area contributed by atoms with Crippen molar-refractivity contribution < 1.29 is 5.11 Å². The van der Waals surface area contributed by atoms with Gasteiger partial charge in [0.25, 0.3) is 0 Å². The molecule has 0 saturated carbocycles. The molecule has 0 aliphatic carbocycles. The topological polar surface area (TPSA) is 20.2 Å². The average molecular weight is 284 g/mol. The third-order valence-electron chi connectivity index (χ3n) is 4.28. The minimum absolute atomic E-state index is 0.482. The first-order chi connectivity index (χ1) is 10.3. The molecule has 0 amide bonds. The van der Waals surface area contributed by atoms with E-state index >= 15 is 0 Å². The summed E-state index contributed by atoms with van der Waals surface area (Å²) in [5.74, 6) is 0.482. The standard InChI is InChI=1S/C20H28O/c1-2-3-4-5-6-7-8-9-13-18-16-15-17-12-10-11-14-19(17)20(18)21/h10-12,14-16,21H,2-9,13H2,1H3. The maximum Gasteiger partial charge on any atom is 0.126 e. The van der Waals surface area contributed by atoms with E-state index in [1.165, 1.54) is 51.4 Å². The molecule has 2 aromatic rings. The summed E-state index contributed by atoms with van der Waals surface area (Å²) >= 11 is 0. The molecule has 0 spiro atoms. The molecule has 0 radical (unpaired) electrons. The first-order valence-corrected chi connectivity index (χ1v) is 8.52. The SMILES string of the molecule is CCCCCCCCCCc1ccc2ccccc2c1O. The van der Waals surface area contributed by atoms with Crippen molar-refractivity contribution in [2.75, 3.05) is 0 Å². The van der Waals surface area contributed by atoms with E-state index in [0.717, 1.165) is 22.8 Å². The van der Waals surface area contributed by atoms with E-state index in [4.69, 9.17) is 0 Å². The second kappa shape index (κ2) is 8.71. The molecule has 1 nitrogen and oxygen atoms in total. The van der Waals surface area contributed by atoms with Crippen LogP contribution in [0.15, 0.2) is 36.4 Å². The number of aromatic hydroxyl groups is 1. The smallest absolute Gasteiger partial charge is 0.126 e. The van der Waals surface area contributed by atoms with Gasteiger partial charge in [-0.15, -0.1) is 0 Å². The van der Waals surface area contributed by atoms with Gasteiger partial charge in [0.1, 0.15) is 5.75 Å². The molecule has 1 heteroatoms. The van der Waals surface area contributed by atoms with Gasteiger partial charge < -0.3 is 5.11 Å². The minimum atomic E-state index is 0.482. The van der Waals surface area contributed by atoms with Crippen LogP contribution in [0.25, 0.3) is 10.8 Å². The summed E-state index contributed by atoms with van der Waals surface area (Å²) in [6.45, 7) is 2.26. The van der Waals surface area contributed by atoms with Gasteiger partial charge >= 0.3 is 0 Å². The van der Waals surface area contributed by atoms with Crippen molar-refractivity contribution in [1.82, 2.24) is 0 Å². The molecule has 0 unspecified atom stereocenters. The highest BCUT2D eigenvalue weighted by molar-refractivity contribution is 5.89. The number of hydrogen-bond donors (Lipinski definition) is 1. The Kier molecular flexibility index (Phi) is 6.59. The molecule has 0 aromatic heterocycles. The predicted molar refractivity (Wildman–Crippen MR) is 91.9 cm³/mol. The summed E-state index contributed by atoms with van der Waals surface area (Å²) < 4.78 is 0. The number of hydrogen-bond acceptors (Lipinski definition) is 1. The highest BCUT2D eigenvalue weighted by atomic mass is 16.3. The molecule has 0 bridgehead atoms. The van der Waals surface area contributed by atoms with E-state index < -0.39 is 0 Å². The van der Waals surface area contributed by atoms with E-state index in [1.54, 1.807) is 0 Å². The van der Waals surface area contributed by atoms with E-state index in [0.29, 0.717) is 5.75 Å². The Labute approximate surface area is 129 Å². The maximum absolute atomic E-state index is 10.3. The van der Waals surface area contributed by atoms with Crippen LogP contribution >= 0.6 is 0 Å². The molecule has 0 aliphatic rings. The molecule has 2 aromatic carbocycles. The van der Waals surface area contributed by atoms with Gasteiger partial charge in [-0.25, -0.2) is 0 Å². The van der Waals surface area contributed by atoms with Gasteiger partial charge in [-0.3, -0.25) is 0 Å². The minimum Gasteiger partial charge on any atom is -0.507 e. The van der Waals surface area contributed by atoms with E-state index in [2.05, 4.69) is 25.1 Å². The lowest BCUT2D eigenvalue weighted by molar-refractivity contribution is 0.472. The van der Waals surface area contributed by atoms with Crippen LogP contribution in [0.2, 0.25) is 0 Å². The first-order valence-electron chi connectivity index (χ1n) is 8.52. The summed E-state index contributed by atoms with van der Waals surface area (Å²) in [5.41, 5.74) is 1.10. The third-order valence-corrected chi connectivity index (χ3v) is 4.28. The number of benzene rings is 2. The van der Waals surface area contributed by atoms with Crippen LogP contribution in [0, 0.1) is 0 Å². The summed E-state index contributed by atoms with van der Waals surface area (Å²) in [7, 11) is 0. The van der Waals surface area contributed by atoms with Gasteiger partial charge in [0.2, 0.25) is 0 Å². The molecule has 0 saturated heterocycles. The lowest BCUT2D eigenvalue weighted by Gasteiger charge is -2.08. The third kappa shape index (κ3) is 4.77. The quantitative estimate of drug-likeness (QED) is 0.541. The van der Waals surface area contributed by atoms with Crippen molar-refractivity contribution in [2.24, 2.45) is 0 Å². The zero-order valence-electron chi connectivity index (χ0n) is 13.3. The van der Waals surface area contributed by atoms with E-state index in [1.807, 2.05) is 18.2 Å². The summed E-state index contributed by atoms with van der Waals surface area (Å²) in [6, 6.07) is 12.3.